The molecule has 3 saturated carbocycles. The van der Waals surface area contributed by atoms with Gasteiger partial charge in [0.05, 0.1) is 17.8 Å². The summed E-state index contributed by atoms with van der Waals surface area (Å²) in [5, 5.41) is 21.3. The number of carboxylic acid groups (broad SMARTS) is 1. The molecule has 0 aromatic carbocycles. The number of hydrogen-bond acceptors (Lipinski definition) is 7. The minimum atomic E-state index is -0.898. The van der Waals surface area contributed by atoms with E-state index in [1.54, 1.807) is 0 Å². The average molecular weight is 442 g/mol. The molecule has 3 aliphatic carbocycles. The highest BCUT2D eigenvalue weighted by atomic mass is 19.1. The molecule has 0 radical (unpaired) electrons. The van der Waals surface area contributed by atoms with Crippen LogP contribution in [0.5, 0.6) is 0 Å². The highest BCUT2D eigenvalue weighted by molar-refractivity contribution is 6.11. The molecule has 4 atom stereocenters. The number of pyridine rings is 1. The first-order chi connectivity index (χ1) is 15.2. The van der Waals surface area contributed by atoms with Crippen LogP contribution in [0.15, 0.2) is 12.3 Å². The summed E-state index contributed by atoms with van der Waals surface area (Å²) in [5.74, 6) is -2.89. The summed E-state index contributed by atoms with van der Waals surface area (Å²) in [6, 6.07) is 0.623. The Morgan fingerprint density at radius 3 is 2.69 bits per heavy atom. The van der Waals surface area contributed by atoms with Gasteiger partial charge in [-0.15, -0.1) is 0 Å². The fourth-order valence-electron chi connectivity index (χ4n) is 5.26. The van der Waals surface area contributed by atoms with Gasteiger partial charge in [-0.1, -0.05) is 6.92 Å². The lowest BCUT2D eigenvalue weighted by molar-refractivity contribution is -0.143. The van der Waals surface area contributed by atoms with Gasteiger partial charge >= 0.3 is 5.97 Å². The molecule has 2 aromatic heterocycles. The Labute approximate surface area is 183 Å². The molecule has 3 fully saturated rings. The van der Waals surface area contributed by atoms with Crippen LogP contribution in [0.4, 0.5) is 20.4 Å². The molecule has 5 N–H and O–H groups in total. The van der Waals surface area contributed by atoms with E-state index >= 15 is 4.39 Å². The van der Waals surface area contributed by atoms with Crippen molar-refractivity contribution >= 4 is 23.3 Å². The van der Waals surface area contributed by atoms with Crippen molar-refractivity contribution in [1.82, 2.24) is 15.0 Å². The molecular weight excluding hydrogens is 418 g/mol. The highest BCUT2D eigenvalue weighted by Gasteiger charge is 2.52. The van der Waals surface area contributed by atoms with Gasteiger partial charge < -0.3 is 16.2 Å². The van der Waals surface area contributed by atoms with Crippen molar-refractivity contribution < 1.29 is 18.7 Å². The molecule has 10 heteroatoms. The predicted molar refractivity (Wildman–Crippen MR) is 112 cm³/mol. The Hall–Kier alpha value is -3.17. The first-order valence-corrected chi connectivity index (χ1v) is 10.8. The summed E-state index contributed by atoms with van der Waals surface area (Å²) >= 11 is 0. The van der Waals surface area contributed by atoms with Crippen LogP contribution in [-0.2, 0) is 10.2 Å². The van der Waals surface area contributed by atoms with E-state index in [1.807, 2.05) is 6.92 Å². The smallest absolute Gasteiger partial charge is 0.308 e. The van der Waals surface area contributed by atoms with E-state index in [0.29, 0.717) is 0 Å². The van der Waals surface area contributed by atoms with Crippen molar-refractivity contribution in [2.24, 2.45) is 17.8 Å². The number of aromatic nitrogens is 3. The van der Waals surface area contributed by atoms with Gasteiger partial charge in [0.1, 0.15) is 17.3 Å². The first kappa shape index (κ1) is 20.7. The van der Waals surface area contributed by atoms with Gasteiger partial charge in [0.25, 0.3) is 0 Å². The predicted octanol–water partition coefficient (Wildman–Crippen LogP) is 3.11. The van der Waals surface area contributed by atoms with Crippen molar-refractivity contribution in [2.45, 2.75) is 50.5 Å². The zero-order valence-electron chi connectivity index (χ0n) is 17.5. The van der Waals surface area contributed by atoms with Gasteiger partial charge in [0.2, 0.25) is 0 Å². The molecule has 8 nitrogen and oxygen atoms in total. The fraction of sp³-hybridized carbons (Fsp3) is 0.500. The molecule has 5 rings (SSSR count). The van der Waals surface area contributed by atoms with Crippen molar-refractivity contribution in [3.63, 3.8) is 0 Å². The van der Waals surface area contributed by atoms with Crippen LogP contribution in [0.1, 0.15) is 56.1 Å². The monoisotopic (exact) mass is 442 g/mol. The largest absolute Gasteiger partial charge is 0.481 e. The van der Waals surface area contributed by atoms with E-state index in [0.717, 1.165) is 44.4 Å². The number of aliphatic carboxylic acids is 1. The second kappa shape index (κ2) is 7.18. The maximum absolute atomic E-state index is 15.5. The van der Waals surface area contributed by atoms with E-state index < -0.39 is 35.0 Å². The second-order valence-electron chi connectivity index (χ2n) is 9.45. The Kier molecular flexibility index (Phi) is 4.65. The summed E-state index contributed by atoms with van der Waals surface area (Å²) in [6.07, 6.45) is 4.96. The Morgan fingerprint density at radius 1 is 1.28 bits per heavy atom. The van der Waals surface area contributed by atoms with Crippen LogP contribution in [0.2, 0.25) is 0 Å². The summed E-state index contributed by atoms with van der Waals surface area (Å²) < 4.78 is 29.3. The fourth-order valence-corrected chi connectivity index (χ4v) is 5.26. The molecule has 0 spiro atoms. The molecule has 3 aliphatic rings. The van der Waals surface area contributed by atoms with Crippen LogP contribution in [0.3, 0.4) is 0 Å². The number of rotatable bonds is 6. The van der Waals surface area contributed by atoms with Gasteiger partial charge in [0.15, 0.2) is 17.5 Å². The van der Waals surface area contributed by atoms with Crippen LogP contribution in [0.25, 0.3) is 0 Å². The Bertz CT molecular complexity index is 1140. The number of carboxylic acids is 1. The standard InChI is InChI=1S/C22H24F2N6O2/c1-22(4-5-22)17-14(24)19(28-16-10-3-2-9(6-10)13(16)21(31)32)30-20(29-17)15(25)12-7-11(23)8-27-18(12)26/h7-10,13,16,25H,2-6H2,1H3,(H2,26,27)(H,31,32)(H,28,29,30). The average Bonchev–Trinajstić information content (AvgIpc) is 3.18. The number of fused-ring (bicyclic) bond motifs is 2. The third kappa shape index (κ3) is 3.28. The summed E-state index contributed by atoms with van der Waals surface area (Å²) in [4.78, 5) is 24.2. The quantitative estimate of drug-likeness (QED) is 0.504. The third-order valence-corrected chi connectivity index (χ3v) is 7.31. The summed E-state index contributed by atoms with van der Waals surface area (Å²) in [7, 11) is 0. The van der Waals surface area contributed by atoms with Crippen LogP contribution in [-0.4, -0.2) is 37.8 Å². The van der Waals surface area contributed by atoms with E-state index in [-0.39, 0.29) is 46.3 Å². The molecule has 2 heterocycles. The molecule has 0 amide bonds. The molecule has 0 aliphatic heterocycles. The van der Waals surface area contributed by atoms with Gasteiger partial charge in [0, 0.05) is 17.0 Å². The molecule has 2 aromatic rings. The van der Waals surface area contributed by atoms with E-state index in [1.165, 1.54) is 0 Å². The minimum Gasteiger partial charge on any atom is -0.481 e. The zero-order valence-corrected chi connectivity index (χ0v) is 17.5. The molecule has 168 valence electrons. The van der Waals surface area contributed by atoms with Gasteiger partial charge in [-0.3, -0.25) is 10.2 Å². The molecule has 2 bridgehead atoms. The minimum absolute atomic E-state index is 0.0118. The lowest BCUT2D eigenvalue weighted by atomic mass is 9.84. The number of carbonyl (C=O) groups is 1. The molecule has 0 saturated heterocycles. The van der Waals surface area contributed by atoms with Gasteiger partial charge in [-0.2, -0.15) is 0 Å². The normalized spacial score (nSPS) is 27.3. The summed E-state index contributed by atoms with van der Waals surface area (Å²) in [5.41, 5.74) is 5.26. The number of nitrogens with zero attached hydrogens (tertiary/aromatic N) is 3. The number of nitrogen functional groups attached to an aromatic ring is 1. The number of nitrogens with two attached hydrogens (primary N) is 1. The Morgan fingerprint density at radius 2 is 2.00 bits per heavy atom. The summed E-state index contributed by atoms with van der Waals surface area (Å²) in [6.45, 7) is 1.88. The maximum atomic E-state index is 15.5. The lowest BCUT2D eigenvalue weighted by Crippen LogP contribution is -2.40. The van der Waals surface area contributed by atoms with Crippen LogP contribution >= 0.6 is 0 Å². The topological polar surface area (TPSA) is 138 Å². The van der Waals surface area contributed by atoms with Gasteiger partial charge in [-0.05, 0) is 50.0 Å². The number of hydrogen-bond donors (Lipinski definition) is 4. The molecule has 32 heavy (non-hydrogen) atoms. The molecular formula is C22H24F2N6O2. The van der Waals surface area contributed by atoms with E-state index in [4.69, 9.17) is 11.1 Å². The van der Waals surface area contributed by atoms with Crippen molar-refractivity contribution in [3.8, 4) is 0 Å². The molecule has 4 unspecified atom stereocenters. The highest BCUT2D eigenvalue weighted by Crippen LogP contribution is 2.51. The second-order valence-corrected chi connectivity index (χ2v) is 9.45. The zero-order chi connectivity index (χ0) is 22.8. The van der Waals surface area contributed by atoms with E-state index in [2.05, 4.69) is 20.3 Å². The number of anilines is 2. The van der Waals surface area contributed by atoms with Crippen molar-refractivity contribution in [1.29, 1.82) is 5.41 Å². The Balaban J connectivity index is 1.56. The number of halogens is 2. The number of nitrogens with one attached hydrogen (secondary N) is 2. The third-order valence-electron chi connectivity index (χ3n) is 7.31. The first-order valence-electron chi connectivity index (χ1n) is 10.8. The van der Waals surface area contributed by atoms with Crippen molar-refractivity contribution in [2.75, 3.05) is 11.1 Å². The van der Waals surface area contributed by atoms with Crippen LogP contribution < -0.4 is 11.1 Å². The van der Waals surface area contributed by atoms with Gasteiger partial charge in [-0.25, -0.2) is 23.7 Å². The van der Waals surface area contributed by atoms with Crippen LogP contribution in [0, 0.1) is 34.8 Å². The SMILES string of the molecule is CC1(c2nc(C(=N)c3cc(F)cnc3N)nc(NC3C4CCC(C4)C3C(=O)O)c2F)CC1. The van der Waals surface area contributed by atoms with E-state index in [9.17, 15) is 14.3 Å². The maximum Gasteiger partial charge on any atom is 0.308 e. The lowest BCUT2D eigenvalue weighted by Gasteiger charge is -2.30. The van der Waals surface area contributed by atoms with Crippen molar-refractivity contribution in [3.05, 3.63) is 41.0 Å².